The van der Waals surface area contributed by atoms with E-state index < -0.39 is 6.10 Å². The summed E-state index contributed by atoms with van der Waals surface area (Å²) in [5.41, 5.74) is 1.78. The molecule has 1 aliphatic heterocycles. The van der Waals surface area contributed by atoms with Gasteiger partial charge in [-0.25, -0.2) is 0 Å². The highest BCUT2D eigenvalue weighted by molar-refractivity contribution is 5.83. The van der Waals surface area contributed by atoms with Crippen molar-refractivity contribution in [2.45, 2.75) is 12.6 Å². The smallest absolute Gasteiger partial charge is 0.263 e. The molecular weight excluding hydrogens is 244 g/mol. The molecule has 0 fully saturated rings. The number of ether oxygens (including phenoxy) is 1. The number of para-hydroxylation sites is 2. The average Bonchev–Trinajstić information content (AvgIpc) is 2.97. The number of fused-ring (bicyclic) bond motifs is 1. The van der Waals surface area contributed by atoms with Gasteiger partial charge in [0.1, 0.15) is 5.75 Å². The summed E-state index contributed by atoms with van der Waals surface area (Å²) in [5, 5.41) is 12.6. The fourth-order valence-corrected chi connectivity index (χ4v) is 1.94. The molecule has 3 rings (SSSR count). The van der Waals surface area contributed by atoms with Gasteiger partial charge < -0.3 is 15.4 Å². The third-order valence-corrected chi connectivity index (χ3v) is 2.94. The fourth-order valence-electron chi connectivity index (χ4n) is 1.94. The Balaban J connectivity index is 1.60. The number of carbonyl (C=O) groups is 1. The van der Waals surface area contributed by atoms with Gasteiger partial charge >= 0.3 is 0 Å². The molecule has 0 bridgehead atoms. The molecule has 0 saturated heterocycles. The van der Waals surface area contributed by atoms with Gasteiger partial charge in [0.25, 0.3) is 5.91 Å². The molecule has 98 valence electrons. The van der Waals surface area contributed by atoms with Crippen molar-refractivity contribution in [3.8, 4) is 5.75 Å². The first-order chi connectivity index (χ1) is 9.33. The van der Waals surface area contributed by atoms with Crippen LogP contribution in [0.5, 0.6) is 5.75 Å². The van der Waals surface area contributed by atoms with E-state index in [0.717, 1.165) is 11.4 Å². The first-order valence-electron chi connectivity index (χ1n) is 6.08. The van der Waals surface area contributed by atoms with Crippen molar-refractivity contribution >= 4 is 11.6 Å². The highest BCUT2D eigenvalue weighted by Gasteiger charge is 2.25. The number of hydrogen-bond acceptors (Lipinski definition) is 4. The number of nitrogens with zero attached hydrogens (tertiary/aromatic N) is 1. The van der Waals surface area contributed by atoms with Crippen LogP contribution < -0.4 is 15.4 Å². The Morgan fingerprint density at radius 3 is 3.16 bits per heavy atom. The number of amides is 1. The molecule has 0 spiro atoms. The maximum atomic E-state index is 12.0. The number of hydrogen-bond donors (Lipinski definition) is 3. The summed E-state index contributed by atoms with van der Waals surface area (Å²) in [7, 11) is 0. The third kappa shape index (κ3) is 2.52. The number of benzene rings is 1. The number of rotatable bonds is 3. The molecule has 1 amide bonds. The van der Waals surface area contributed by atoms with Gasteiger partial charge in [-0.3, -0.25) is 9.89 Å². The molecule has 6 heteroatoms. The summed E-state index contributed by atoms with van der Waals surface area (Å²) in [5.74, 6) is 0.562. The maximum absolute atomic E-state index is 12.0. The zero-order valence-corrected chi connectivity index (χ0v) is 10.2. The minimum atomic E-state index is -0.516. The van der Waals surface area contributed by atoms with Crippen LogP contribution in [-0.4, -0.2) is 28.8 Å². The monoisotopic (exact) mass is 258 g/mol. The third-order valence-electron chi connectivity index (χ3n) is 2.94. The first-order valence-corrected chi connectivity index (χ1v) is 6.08. The molecule has 19 heavy (non-hydrogen) atoms. The number of carbonyl (C=O) groups excluding carboxylic acids is 1. The Morgan fingerprint density at radius 2 is 2.32 bits per heavy atom. The molecule has 6 nitrogen and oxygen atoms in total. The van der Waals surface area contributed by atoms with Crippen molar-refractivity contribution in [1.82, 2.24) is 15.5 Å². The van der Waals surface area contributed by atoms with Crippen LogP contribution in [0, 0.1) is 0 Å². The van der Waals surface area contributed by atoms with Crippen molar-refractivity contribution in [1.29, 1.82) is 0 Å². The standard InChI is InChI=1S/C13H14N4O2/c18-13(15-7-9-5-6-16-17-9)12-8-14-10-3-1-2-4-11(10)19-12/h1-6,12,14H,7-8H2,(H,15,18)(H,16,17). The number of aromatic nitrogens is 2. The first kappa shape index (κ1) is 11.6. The molecule has 1 aromatic heterocycles. The number of aromatic amines is 1. The van der Waals surface area contributed by atoms with E-state index in [1.165, 1.54) is 0 Å². The van der Waals surface area contributed by atoms with Crippen LogP contribution in [0.1, 0.15) is 5.69 Å². The average molecular weight is 258 g/mol. The van der Waals surface area contributed by atoms with E-state index >= 15 is 0 Å². The zero-order valence-electron chi connectivity index (χ0n) is 10.2. The van der Waals surface area contributed by atoms with Crippen LogP contribution >= 0.6 is 0 Å². The van der Waals surface area contributed by atoms with E-state index in [9.17, 15) is 4.79 Å². The van der Waals surface area contributed by atoms with Gasteiger partial charge in [-0.2, -0.15) is 5.10 Å². The van der Waals surface area contributed by atoms with E-state index in [1.807, 2.05) is 30.3 Å². The van der Waals surface area contributed by atoms with Gasteiger partial charge in [0.15, 0.2) is 6.10 Å². The van der Waals surface area contributed by atoms with E-state index in [2.05, 4.69) is 20.8 Å². The summed E-state index contributed by atoms with van der Waals surface area (Å²) in [4.78, 5) is 12.0. The van der Waals surface area contributed by atoms with Gasteiger partial charge in [-0.05, 0) is 18.2 Å². The Hall–Kier alpha value is -2.50. The Bertz CT molecular complexity index is 568. The molecule has 2 aromatic rings. The lowest BCUT2D eigenvalue weighted by Crippen LogP contribution is -2.44. The maximum Gasteiger partial charge on any atom is 0.263 e. The van der Waals surface area contributed by atoms with Crippen molar-refractivity contribution in [2.75, 3.05) is 11.9 Å². The lowest BCUT2D eigenvalue weighted by molar-refractivity contribution is -0.127. The van der Waals surface area contributed by atoms with Gasteiger partial charge in [-0.1, -0.05) is 12.1 Å². The Kier molecular flexibility index (Phi) is 3.06. The van der Waals surface area contributed by atoms with Crippen molar-refractivity contribution < 1.29 is 9.53 Å². The molecule has 2 heterocycles. The molecule has 1 atom stereocenters. The summed E-state index contributed by atoms with van der Waals surface area (Å²) in [6.45, 7) is 0.881. The number of nitrogens with one attached hydrogen (secondary N) is 3. The SMILES string of the molecule is O=C(NCc1ccn[nH]1)C1CNc2ccccc2O1. The van der Waals surface area contributed by atoms with Gasteiger partial charge in [-0.15, -0.1) is 0 Å². The Labute approximate surface area is 110 Å². The molecule has 3 N–H and O–H groups in total. The molecule has 0 saturated carbocycles. The van der Waals surface area contributed by atoms with Gasteiger partial charge in [0.2, 0.25) is 0 Å². The zero-order chi connectivity index (χ0) is 13.1. The molecule has 0 aliphatic carbocycles. The molecule has 1 unspecified atom stereocenters. The lowest BCUT2D eigenvalue weighted by Gasteiger charge is -2.26. The number of anilines is 1. The van der Waals surface area contributed by atoms with E-state index in [-0.39, 0.29) is 5.91 Å². The summed E-state index contributed by atoms with van der Waals surface area (Å²) < 4.78 is 5.66. The second-order valence-corrected chi connectivity index (χ2v) is 4.28. The summed E-state index contributed by atoms with van der Waals surface area (Å²) in [6, 6.07) is 9.39. The topological polar surface area (TPSA) is 79.0 Å². The molecule has 0 radical (unpaired) electrons. The van der Waals surface area contributed by atoms with Crippen molar-refractivity contribution in [2.24, 2.45) is 0 Å². The van der Waals surface area contributed by atoms with Crippen LogP contribution in [0.15, 0.2) is 36.5 Å². The highest BCUT2D eigenvalue weighted by atomic mass is 16.5. The van der Waals surface area contributed by atoms with E-state index in [0.29, 0.717) is 18.8 Å². The second-order valence-electron chi connectivity index (χ2n) is 4.28. The quantitative estimate of drug-likeness (QED) is 0.764. The normalized spacial score (nSPS) is 16.9. The largest absolute Gasteiger partial charge is 0.477 e. The van der Waals surface area contributed by atoms with Gasteiger partial charge in [0.05, 0.1) is 24.5 Å². The molecule has 1 aromatic carbocycles. The molecular formula is C13H14N4O2. The molecule has 1 aliphatic rings. The van der Waals surface area contributed by atoms with Gasteiger partial charge in [0, 0.05) is 6.20 Å². The van der Waals surface area contributed by atoms with Crippen LogP contribution in [0.2, 0.25) is 0 Å². The van der Waals surface area contributed by atoms with Crippen LogP contribution in [0.25, 0.3) is 0 Å². The van der Waals surface area contributed by atoms with Crippen LogP contribution in [-0.2, 0) is 11.3 Å². The fraction of sp³-hybridized carbons (Fsp3) is 0.231. The van der Waals surface area contributed by atoms with Crippen molar-refractivity contribution in [3.05, 3.63) is 42.2 Å². The van der Waals surface area contributed by atoms with Crippen LogP contribution in [0.3, 0.4) is 0 Å². The number of H-pyrrole nitrogens is 1. The summed E-state index contributed by atoms with van der Waals surface area (Å²) in [6.07, 6.45) is 1.13. The second kappa shape index (κ2) is 5.01. The minimum Gasteiger partial charge on any atom is -0.477 e. The van der Waals surface area contributed by atoms with Crippen LogP contribution in [0.4, 0.5) is 5.69 Å². The lowest BCUT2D eigenvalue weighted by atomic mass is 10.2. The van der Waals surface area contributed by atoms with Crippen molar-refractivity contribution in [3.63, 3.8) is 0 Å². The predicted octanol–water partition coefficient (Wildman–Crippen LogP) is 0.899. The minimum absolute atomic E-state index is 0.142. The Morgan fingerprint density at radius 1 is 1.42 bits per heavy atom. The van der Waals surface area contributed by atoms with E-state index in [1.54, 1.807) is 6.20 Å². The highest BCUT2D eigenvalue weighted by Crippen LogP contribution is 2.28. The predicted molar refractivity (Wildman–Crippen MR) is 69.8 cm³/mol. The van der Waals surface area contributed by atoms with E-state index in [4.69, 9.17) is 4.74 Å². The summed E-state index contributed by atoms with van der Waals surface area (Å²) >= 11 is 0.